The van der Waals surface area contributed by atoms with E-state index in [1.54, 1.807) is 11.3 Å². The van der Waals surface area contributed by atoms with Gasteiger partial charge in [-0.3, -0.25) is 0 Å². The topological polar surface area (TPSA) is 51.6 Å². The second-order valence-electron chi connectivity index (χ2n) is 10.7. The molecule has 0 radical (unpaired) electrons. The highest BCUT2D eigenvalue weighted by molar-refractivity contribution is 7.27. The van der Waals surface area contributed by atoms with Crippen molar-refractivity contribution in [2.45, 2.75) is 0 Å². The van der Waals surface area contributed by atoms with E-state index in [1.165, 1.54) is 30.4 Å². The fourth-order valence-electron chi connectivity index (χ4n) is 5.83. The van der Waals surface area contributed by atoms with Crippen LogP contribution < -0.4 is 0 Å². The van der Waals surface area contributed by atoms with E-state index < -0.39 is 0 Å². The molecule has 0 saturated carbocycles. The number of fused-ring (bicyclic) bond motifs is 6. The van der Waals surface area contributed by atoms with Gasteiger partial charge in [-0.15, -0.1) is 22.7 Å². The molecule has 6 heteroatoms. The van der Waals surface area contributed by atoms with E-state index in [4.69, 9.17) is 19.9 Å². The fraction of sp³-hybridized carbons (Fsp3) is 0. The molecule has 6 aromatic carbocycles. The number of hydrogen-bond acceptors (Lipinski definition) is 6. The minimum absolute atomic E-state index is 0.648. The second kappa shape index (κ2) is 10.2. The molecule has 3 heterocycles. The zero-order valence-corrected chi connectivity index (χ0v) is 24.9. The smallest absolute Gasteiger partial charge is 0.164 e. The van der Waals surface area contributed by atoms with Gasteiger partial charge in [-0.05, 0) is 23.6 Å². The van der Waals surface area contributed by atoms with Gasteiger partial charge in [0, 0.05) is 47.8 Å². The summed E-state index contributed by atoms with van der Waals surface area (Å²) in [5.74, 6) is 1.96. The van der Waals surface area contributed by atoms with Crippen LogP contribution in [0.4, 0.5) is 0 Å². The summed E-state index contributed by atoms with van der Waals surface area (Å²) in [5, 5.41) is 5.87. The molecule has 0 bridgehead atoms. The molecule has 0 fully saturated rings. The molecule has 0 aliphatic carbocycles. The van der Waals surface area contributed by atoms with Crippen LogP contribution >= 0.6 is 22.7 Å². The molecule has 4 nitrogen and oxygen atoms in total. The first kappa shape index (κ1) is 25.2. The molecule has 0 aliphatic rings. The van der Waals surface area contributed by atoms with Crippen molar-refractivity contribution in [2.24, 2.45) is 0 Å². The maximum absolute atomic E-state index is 5.23. The molecule has 0 N–H and O–H groups in total. The van der Waals surface area contributed by atoms with E-state index in [9.17, 15) is 0 Å². The van der Waals surface area contributed by atoms with Crippen molar-refractivity contribution in [3.8, 4) is 44.7 Å². The Balaban J connectivity index is 1.18. The lowest BCUT2D eigenvalue weighted by Gasteiger charge is -2.09. The van der Waals surface area contributed by atoms with Gasteiger partial charge in [-0.1, -0.05) is 115 Å². The third-order valence-corrected chi connectivity index (χ3v) is 10.2. The number of rotatable bonds is 4. The first-order chi connectivity index (χ1) is 21.8. The minimum atomic E-state index is 0.648. The molecule has 44 heavy (non-hydrogen) atoms. The Morgan fingerprint density at radius 2 is 1.07 bits per heavy atom. The van der Waals surface area contributed by atoms with Crippen LogP contribution in [0.15, 0.2) is 133 Å². The van der Waals surface area contributed by atoms with Gasteiger partial charge in [0.2, 0.25) is 0 Å². The zero-order valence-electron chi connectivity index (χ0n) is 23.3. The second-order valence-corrected chi connectivity index (χ2v) is 12.8. The number of thiazole rings is 1. The zero-order chi connectivity index (χ0) is 29.0. The number of nitrogens with zero attached hydrogens (tertiary/aromatic N) is 4. The van der Waals surface area contributed by atoms with Crippen molar-refractivity contribution in [1.29, 1.82) is 0 Å². The Labute approximate surface area is 261 Å². The van der Waals surface area contributed by atoms with E-state index in [2.05, 4.69) is 72.8 Å². The molecule has 0 atom stereocenters. The Morgan fingerprint density at radius 1 is 0.409 bits per heavy atom. The Morgan fingerprint density at radius 3 is 1.82 bits per heavy atom. The van der Waals surface area contributed by atoms with Crippen molar-refractivity contribution in [1.82, 2.24) is 19.9 Å². The maximum atomic E-state index is 5.23. The first-order valence-electron chi connectivity index (χ1n) is 14.4. The van der Waals surface area contributed by atoms with Crippen molar-refractivity contribution < 1.29 is 0 Å². The predicted molar refractivity (Wildman–Crippen MR) is 185 cm³/mol. The van der Waals surface area contributed by atoms with Crippen molar-refractivity contribution >= 4 is 63.8 Å². The van der Waals surface area contributed by atoms with Gasteiger partial charge in [0.1, 0.15) is 5.01 Å². The standard InChI is InChI=1S/C38H22N4S2/c1-3-10-23(11-4-1)35-40-36(24-12-5-2-6-13-24)42-37(41-35)26-18-20-27-25(22-26)19-21-32-33(27)39-38(44-32)30-16-9-15-29-28-14-7-8-17-31(28)43-34(29)30/h1-22H. The molecule has 0 amide bonds. The molecule has 9 rings (SSSR count). The highest BCUT2D eigenvalue weighted by Crippen LogP contribution is 2.43. The molecular weight excluding hydrogens is 577 g/mol. The SMILES string of the molecule is c1ccc(-c2nc(-c3ccccc3)nc(-c3ccc4c(ccc5sc(-c6cccc7c6sc6ccccc67)nc54)c3)n2)cc1. The van der Waals surface area contributed by atoms with Crippen LogP contribution in [-0.4, -0.2) is 19.9 Å². The lowest BCUT2D eigenvalue weighted by Crippen LogP contribution is -2.00. The Bertz CT molecular complexity index is 2440. The van der Waals surface area contributed by atoms with Gasteiger partial charge in [-0.25, -0.2) is 19.9 Å². The van der Waals surface area contributed by atoms with Gasteiger partial charge in [0.15, 0.2) is 17.5 Å². The van der Waals surface area contributed by atoms with E-state index in [1.807, 2.05) is 72.0 Å². The molecular formula is C38H22N4S2. The van der Waals surface area contributed by atoms with Gasteiger partial charge in [-0.2, -0.15) is 0 Å². The van der Waals surface area contributed by atoms with Crippen molar-refractivity contribution in [3.05, 3.63) is 133 Å². The summed E-state index contributed by atoms with van der Waals surface area (Å²) in [6.45, 7) is 0. The molecule has 3 aromatic heterocycles. The fourth-order valence-corrected chi connectivity index (χ4v) is 8.12. The average molecular weight is 599 g/mol. The normalized spacial score (nSPS) is 11.6. The first-order valence-corrected chi connectivity index (χ1v) is 16.0. The maximum Gasteiger partial charge on any atom is 0.164 e. The van der Waals surface area contributed by atoms with E-state index >= 15 is 0 Å². The number of thiophene rings is 1. The van der Waals surface area contributed by atoms with Crippen molar-refractivity contribution in [2.75, 3.05) is 0 Å². The molecule has 9 aromatic rings. The Kier molecular flexibility index (Phi) is 5.82. The van der Waals surface area contributed by atoms with Gasteiger partial charge < -0.3 is 0 Å². The van der Waals surface area contributed by atoms with Crippen LogP contribution in [0, 0.1) is 0 Å². The minimum Gasteiger partial charge on any atom is -0.235 e. The van der Waals surface area contributed by atoms with Crippen LogP contribution in [0.1, 0.15) is 0 Å². The summed E-state index contributed by atoms with van der Waals surface area (Å²) in [5.41, 5.74) is 5.08. The third-order valence-electron chi connectivity index (χ3n) is 7.97. The summed E-state index contributed by atoms with van der Waals surface area (Å²) >= 11 is 3.60. The summed E-state index contributed by atoms with van der Waals surface area (Å²) in [6.07, 6.45) is 0. The van der Waals surface area contributed by atoms with E-state index in [0.29, 0.717) is 17.5 Å². The number of hydrogen-bond donors (Lipinski definition) is 0. The number of benzene rings is 6. The summed E-state index contributed by atoms with van der Waals surface area (Å²) < 4.78 is 3.77. The molecule has 0 aliphatic heterocycles. The van der Waals surface area contributed by atoms with Gasteiger partial charge >= 0.3 is 0 Å². The highest BCUT2D eigenvalue weighted by Gasteiger charge is 2.16. The average Bonchev–Trinajstić information content (AvgIpc) is 3.71. The van der Waals surface area contributed by atoms with Crippen LogP contribution in [0.25, 0.3) is 85.9 Å². The summed E-state index contributed by atoms with van der Waals surface area (Å²) in [4.78, 5) is 19.9. The van der Waals surface area contributed by atoms with Crippen LogP contribution in [-0.2, 0) is 0 Å². The van der Waals surface area contributed by atoms with Gasteiger partial charge in [0.25, 0.3) is 0 Å². The third kappa shape index (κ3) is 4.19. The summed E-state index contributed by atoms with van der Waals surface area (Å²) in [7, 11) is 0. The largest absolute Gasteiger partial charge is 0.235 e. The van der Waals surface area contributed by atoms with E-state index in [0.717, 1.165) is 38.0 Å². The summed E-state index contributed by atoms with van der Waals surface area (Å²) in [6, 6.07) is 46.1. The highest BCUT2D eigenvalue weighted by atomic mass is 32.1. The molecule has 0 unspecified atom stereocenters. The lowest BCUT2D eigenvalue weighted by atomic mass is 10.1. The van der Waals surface area contributed by atoms with Crippen molar-refractivity contribution in [3.63, 3.8) is 0 Å². The Hall–Kier alpha value is -5.30. The molecule has 0 spiro atoms. The quantitative estimate of drug-likeness (QED) is 0.202. The molecule has 206 valence electrons. The number of aromatic nitrogens is 4. The monoisotopic (exact) mass is 598 g/mol. The lowest BCUT2D eigenvalue weighted by molar-refractivity contribution is 1.07. The van der Waals surface area contributed by atoms with Crippen LogP contribution in [0.5, 0.6) is 0 Å². The van der Waals surface area contributed by atoms with Crippen LogP contribution in [0.2, 0.25) is 0 Å². The van der Waals surface area contributed by atoms with E-state index in [-0.39, 0.29) is 0 Å². The predicted octanol–water partition coefficient (Wildman–Crippen LogP) is 10.7. The van der Waals surface area contributed by atoms with Gasteiger partial charge in [0.05, 0.1) is 10.2 Å². The van der Waals surface area contributed by atoms with Crippen LogP contribution in [0.3, 0.4) is 0 Å². The molecule has 0 saturated heterocycles.